The molecule has 1 aromatic rings. The Morgan fingerprint density at radius 1 is 0.981 bits per heavy atom. The van der Waals surface area contributed by atoms with Crippen LogP contribution in [0.3, 0.4) is 0 Å². The Hall–Kier alpha value is -4.09. The summed E-state index contributed by atoms with van der Waals surface area (Å²) >= 11 is 0. The van der Waals surface area contributed by atoms with Crippen molar-refractivity contribution in [1.29, 1.82) is 0 Å². The van der Waals surface area contributed by atoms with Crippen LogP contribution in [0.5, 0.6) is 0 Å². The molecule has 2 N–H and O–H groups in total. The summed E-state index contributed by atoms with van der Waals surface area (Å²) in [6.45, 7) is 15.6. The Morgan fingerprint density at radius 2 is 1.62 bits per heavy atom. The number of likely N-dealkylation sites (tertiary alicyclic amines) is 1. The van der Waals surface area contributed by atoms with Gasteiger partial charge >= 0.3 is 6.09 Å². The molecule has 0 aromatic heterocycles. The number of rotatable bonds is 18. The van der Waals surface area contributed by atoms with Crippen molar-refractivity contribution in [2.45, 2.75) is 125 Å². The van der Waals surface area contributed by atoms with Crippen LogP contribution in [0.2, 0.25) is 0 Å². The first-order valence-corrected chi connectivity index (χ1v) is 18.7. The minimum Gasteiger partial charge on any atom is -0.447 e. The van der Waals surface area contributed by atoms with E-state index in [4.69, 9.17) is 4.74 Å². The van der Waals surface area contributed by atoms with Crippen molar-refractivity contribution < 1.29 is 38.3 Å². The molecule has 52 heavy (non-hydrogen) atoms. The van der Waals surface area contributed by atoms with Gasteiger partial charge in [0.1, 0.15) is 18.2 Å². The van der Waals surface area contributed by atoms with Gasteiger partial charge in [0, 0.05) is 45.8 Å². The first-order chi connectivity index (χ1) is 24.3. The fourth-order valence-electron chi connectivity index (χ4n) is 7.26. The van der Waals surface area contributed by atoms with E-state index in [-0.39, 0.29) is 60.2 Å². The van der Waals surface area contributed by atoms with Gasteiger partial charge in [-0.05, 0) is 48.0 Å². The molecule has 1 aliphatic heterocycles. The van der Waals surface area contributed by atoms with Crippen LogP contribution in [0, 0.1) is 28.6 Å². The van der Waals surface area contributed by atoms with Gasteiger partial charge in [-0.3, -0.25) is 28.8 Å². The van der Waals surface area contributed by atoms with Crippen molar-refractivity contribution in [3.05, 3.63) is 35.9 Å². The average molecular weight is 725 g/mol. The van der Waals surface area contributed by atoms with Crippen LogP contribution in [0.15, 0.2) is 30.3 Å². The number of hydrogen-bond donors (Lipinski definition) is 2. The smallest absolute Gasteiger partial charge is 0.408 e. The number of piperidine rings is 1. The van der Waals surface area contributed by atoms with Crippen molar-refractivity contribution >= 4 is 41.2 Å². The summed E-state index contributed by atoms with van der Waals surface area (Å²) in [5, 5.41) is 5.45. The number of Topliss-reactive ketones (excluding diaryl/α,β-unsaturated/α-hetero) is 3. The zero-order valence-corrected chi connectivity index (χ0v) is 32.7. The van der Waals surface area contributed by atoms with Gasteiger partial charge in [0.25, 0.3) is 0 Å². The lowest BCUT2D eigenvalue weighted by atomic mass is 9.83. The maximum Gasteiger partial charge on any atom is 0.408 e. The van der Waals surface area contributed by atoms with Gasteiger partial charge in [-0.2, -0.15) is 0 Å². The van der Waals surface area contributed by atoms with Gasteiger partial charge in [-0.1, -0.05) is 91.6 Å². The molecule has 1 aliphatic carbocycles. The highest BCUT2D eigenvalue weighted by molar-refractivity contribution is 6.38. The lowest BCUT2D eigenvalue weighted by Gasteiger charge is -2.37. The van der Waals surface area contributed by atoms with Gasteiger partial charge in [0.05, 0.1) is 6.04 Å². The molecule has 2 aliphatic rings. The van der Waals surface area contributed by atoms with Crippen molar-refractivity contribution in [2.24, 2.45) is 28.6 Å². The predicted molar refractivity (Wildman–Crippen MR) is 197 cm³/mol. The van der Waals surface area contributed by atoms with Crippen LogP contribution in [-0.2, 0) is 33.5 Å². The zero-order chi connectivity index (χ0) is 39.1. The van der Waals surface area contributed by atoms with E-state index in [0.717, 1.165) is 6.42 Å². The molecular formula is C40H60N4O8. The lowest BCUT2D eigenvalue weighted by molar-refractivity contribution is -0.145. The highest BCUT2D eigenvalue weighted by Crippen LogP contribution is 2.65. The van der Waals surface area contributed by atoms with E-state index in [2.05, 4.69) is 24.5 Å². The number of fused-ring (bicyclic) bond motifs is 1. The largest absolute Gasteiger partial charge is 0.447 e. The van der Waals surface area contributed by atoms with Gasteiger partial charge in [-0.25, -0.2) is 4.79 Å². The number of nitrogens with zero attached hydrogens (tertiary/aromatic N) is 2. The van der Waals surface area contributed by atoms with Crippen LogP contribution >= 0.6 is 0 Å². The molecule has 12 nitrogen and oxygen atoms in total. The summed E-state index contributed by atoms with van der Waals surface area (Å²) < 4.78 is 5.41. The zero-order valence-electron chi connectivity index (χ0n) is 32.7. The van der Waals surface area contributed by atoms with Crippen LogP contribution in [0.25, 0.3) is 0 Å². The van der Waals surface area contributed by atoms with Gasteiger partial charge in [0.2, 0.25) is 23.5 Å². The molecule has 12 heteroatoms. The minimum atomic E-state index is -0.959. The van der Waals surface area contributed by atoms with Crippen LogP contribution in [0.4, 0.5) is 4.79 Å². The third kappa shape index (κ3) is 10.3. The maximum absolute atomic E-state index is 14.2. The van der Waals surface area contributed by atoms with Gasteiger partial charge in [0.15, 0.2) is 11.6 Å². The lowest BCUT2D eigenvalue weighted by Crippen LogP contribution is -2.58. The van der Waals surface area contributed by atoms with Gasteiger partial charge in [-0.15, -0.1) is 0 Å². The number of benzene rings is 1. The quantitative estimate of drug-likeness (QED) is 0.199. The minimum absolute atomic E-state index is 0.0853. The third-order valence-electron chi connectivity index (χ3n) is 10.8. The number of likely N-dealkylation sites (N-methyl/N-ethyl adjacent to an activating group) is 1. The fraction of sp³-hybridized carbons (Fsp3) is 0.675. The molecular weight excluding hydrogens is 664 g/mol. The van der Waals surface area contributed by atoms with Crippen molar-refractivity contribution in [2.75, 3.05) is 20.6 Å². The van der Waals surface area contributed by atoms with E-state index >= 15 is 0 Å². The van der Waals surface area contributed by atoms with Crippen molar-refractivity contribution in [1.82, 2.24) is 20.4 Å². The summed E-state index contributed by atoms with van der Waals surface area (Å²) in [7, 11) is 3.17. The first-order valence-electron chi connectivity index (χ1n) is 18.7. The van der Waals surface area contributed by atoms with E-state index in [1.165, 1.54) is 4.90 Å². The van der Waals surface area contributed by atoms with Crippen LogP contribution in [-0.4, -0.2) is 89.8 Å². The van der Waals surface area contributed by atoms with Crippen molar-refractivity contribution in [3.8, 4) is 0 Å². The fourth-order valence-corrected chi connectivity index (χ4v) is 7.26. The average Bonchev–Trinajstić information content (AvgIpc) is 3.39. The Morgan fingerprint density at radius 3 is 2.17 bits per heavy atom. The monoisotopic (exact) mass is 724 g/mol. The van der Waals surface area contributed by atoms with E-state index in [0.29, 0.717) is 31.4 Å². The van der Waals surface area contributed by atoms with Gasteiger partial charge < -0.3 is 25.2 Å². The molecule has 2 fully saturated rings. The number of carbonyl (C=O) groups excluding carboxylic acids is 7. The number of nitrogens with one attached hydrogen (secondary N) is 2. The van der Waals surface area contributed by atoms with Crippen LogP contribution in [0.1, 0.15) is 112 Å². The van der Waals surface area contributed by atoms with Crippen LogP contribution < -0.4 is 10.6 Å². The SMILES string of the molecule is CCCCC(CC(=O)[C@@H]1C2C(CN1C(=O)[C@@H](NC(=O)OC(C)CC)C(C)(C)C)C2(C)C)C(=O)C(=O)CCC(=O)N[C@H](C(=O)N(C)C)c1ccccc1. The second kappa shape index (κ2) is 17.6. The van der Waals surface area contributed by atoms with Crippen molar-refractivity contribution in [3.63, 3.8) is 0 Å². The Balaban J connectivity index is 1.75. The molecule has 4 unspecified atom stereocenters. The third-order valence-corrected chi connectivity index (χ3v) is 10.8. The molecule has 1 heterocycles. The molecule has 0 spiro atoms. The second-order valence-electron chi connectivity index (χ2n) is 16.4. The van der Waals surface area contributed by atoms with E-state index in [1.54, 1.807) is 56.3 Å². The molecule has 288 valence electrons. The van der Waals surface area contributed by atoms with E-state index < -0.39 is 53.0 Å². The number of amides is 4. The summed E-state index contributed by atoms with van der Waals surface area (Å²) in [5.74, 6) is -3.93. The highest BCUT2D eigenvalue weighted by atomic mass is 16.6. The Labute approximate surface area is 309 Å². The molecule has 1 saturated heterocycles. The molecule has 7 atom stereocenters. The predicted octanol–water partition coefficient (Wildman–Crippen LogP) is 5.04. The Kier molecular flexibility index (Phi) is 14.3. The van der Waals surface area contributed by atoms with E-state index in [9.17, 15) is 33.6 Å². The molecule has 1 saturated carbocycles. The number of hydrogen-bond acceptors (Lipinski definition) is 8. The molecule has 3 rings (SSSR count). The highest BCUT2D eigenvalue weighted by Gasteiger charge is 2.69. The molecule has 0 bridgehead atoms. The second-order valence-corrected chi connectivity index (χ2v) is 16.4. The summed E-state index contributed by atoms with van der Waals surface area (Å²) in [6, 6.07) is 6.05. The topological polar surface area (TPSA) is 159 Å². The first kappa shape index (κ1) is 42.3. The number of ketones is 3. The molecule has 1 aromatic carbocycles. The number of ether oxygens (including phenoxy) is 1. The Bertz CT molecular complexity index is 1480. The summed E-state index contributed by atoms with van der Waals surface area (Å²) in [4.78, 5) is 96.8. The summed E-state index contributed by atoms with van der Waals surface area (Å²) in [6.07, 6.45) is 0.381. The molecule has 4 amide bonds. The number of unbranched alkanes of at least 4 members (excludes halogenated alkanes) is 1. The standard InChI is InChI=1S/C40H60N4O8/c1-11-13-17-26(34(48)28(45)20-21-30(47)41-32(36(49)43(9)10)25-18-15-14-16-19-25)22-29(46)33-31-27(40(31,7)8)23-44(33)37(50)35(39(4,5)6)42-38(51)52-24(3)12-2/h14-16,18-19,24,26-27,31-33,35H,11-13,17,20-23H2,1-10H3,(H,41,47)(H,42,51)/t24?,26?,27?,31?,32-,33+,35+/m0/s1. The van der Waals surface area contributed by atoms with E-state index in [1.807, 2.05) is 34.6 Å². The summed E-state index contributed by atoms with van der Waals surface area (Å²) in [5.41, 5.74) is -0.290. The maximum atomic E-state index is 14.2. The number of alkyl carbamates (subject to hydrolysis) is 1. The normalized spacial score (nSPS) is 21.1. The molecule has 0 radical (unpaired) electrons. The number of carbonyl (C=O) groups is 7.